The van der Waals surface area contributed by atoms with Crippen molar-refractivity contribution >= 4 is 11.5 Å². The lowest BCUT2D eigenvalue weighted by atomic mass is 10.0. The second-order valence-electron chi connectivity index (χ2n) is 5.21. The molecule has 3 heteroatoms. The number of hydrogen-bond acceptors (Lipinski definition) is 2. The molecule has 1 saturated heterocycles. The molecule has 0 bridgehead atoms. The number of anilines is 1. The zero-order chi connectivity index (χ0) is 13.1. The van der Waals surface area contributed by atoms with E-state index in [0.717, 1.165) is 31.6 Å². The fraction of sp³-hybridized carbons (Fsp3) is 0.533. The lowest BCUT2D eigenvalue weighted by Crippen LogP contribution is -2.26. The van der Waals surface area contributed by atoms with Gasteiger partial charge < -0.3 is 4.90 Å². The number of halogens is 1. The van der Waals surface area contributed by atoms with E-state index in [1.54, 1.807) is 6.07 Å². The molecular weight excluding hydrogens is 229 g/mol. The van der Waals surface area contributed by atoms with E-state index >= 15 is 0 Å². The summed E-state index contributed by atoms with van der Waals surface area (Å²) in [5, 5.41) is 0. The molecule has 1 fully saturated rings. The molecule has 1 aromatic carbocycles. The van der Waals surface area contributed by atoms with Crippen LogP contribution in [0, 0.1) is 11.7 Å². The topological polar surface area (TPSA) is 20.3 Å². The van der Waals surface area contributed by atoms with Crippen LogP contribution in [-0.2, 0) is 0 Å². The number of benzene rings is 1. The molecule has 1 unspecified atom stereocenters. The van der Waals surface area contributed by atoms with Gasteiger partial charge in [-0.3, -0.25) is 4.79 Å². The number of ketones is 1. The average Bonchev–Trinajstić information content (AvgIpc) is 2.53. The van der Waals surface area contributed by atoms with E-state index in [0.29, 0.717) is 5.92 Å². The molecule has 98 valence electrons. The Morgan fingerprint density at radius 3 is 2.83 bits per heavy atom. The van der Waals surface area contributed by atoms with Crippen molar-refractivity contribution in [2.24, 2.45) is 5.92 Å². The van der Waals surface area contributed by atoms with Gasteiger partial charge in [0.15, 0.2) is 5.78 Å². The molecular formula is C15H20FNO. The van der Waals surface area contributed by atoms with Crippen LogP contribution in [0.1, 0.15) is 43.5 Å². The quantitative estimate of drug-likeness (QED) is 0.746. The highest BCUT2D eigenvalue weighted by Gasteiger charge is 2.20. The molecule has 0 aromatic heterocycles. The van der Waals surface area contributed by atoms with Gasteiger partial charge >= 0.3 is 0 Å². The van der Waals surface area contributed by atoms with Crippen LogP contribution in [0.5, 0.6) is 0 Å². The van der Waals surface area contributed by atoms with Gasteiger partial charge in [0.2, 0.25) is 0 Å². The van der Waals surface area contributed by atoms with E-state index in [1.807, 2.05) is 6.07 Å². The lowest BCUT2D eigenvalue weighted by molar-refractivity contribution is 0.101. The first-order valence-electron chi connectivity index (χ1n) is 6.64. The summed E-state index contributed by atoms with van der Waals surface area (Å²) in [6.07, 6.45) is 3.42. The minimum Gasteiger partial charge on any atom is -0.371 e. The van der Waals surface area contributed by atoms with Crippen LogP contribution in [0.15, 0.2) is 18.2 Å². The highest BCUT2D eigenvalue weighted by molar-refractivity contribution is 6.00. The smallest absolute Gasteiger partial charge is 0.164 e. The highest BCUT2D eigenvalue weighted by Crippen LogP contribution is 2.27. The van der Waals surface area contributed by atoms with Crippen molar-refractivity contribution in [1.82, 2.24) is 0 Å². The fourth-order valence-electron chi connectivity index (χ4n) is 2.63. The van der Waals surface area contributed by atoms with Gasteiger partial charge in [-0.25, -0.2) is 4.39 Å². The van der Waals surface area contributed by atoms with Crippen LogP contribution in [0.3, 0.4) is 0 Å². The van der Waals surface area contributed by atoms with Crippen molar-refractivity contribution in [2.75, 3.05) is 18.0 Å². The normalized spacial score (nSPS) is 20.6. The number of rotatable bonds is 2. The molecule has 0 aliphatic carbocycles. The highest BCUT2D eigenvalue weighted by atomic mass is 19.1. The Balaban J connectivity index is 2.32. The molecule has 1 aliphatic rings. The standard InChI is InChI=1S/C15H20FNO/c1-11-5-4-9-17(10-8-11)14-7-3-6-13(16)15(14)12(2)18/h3,6-7,11H,4-5,8-10H2,1-2H3. The van der Waals surface area contributed by atoms with E-state index in [1.165, 1.54) is 19.4 Å². The summed E-state index contributed by atoms with van der Waals surface area (Å²) < 4.78 is 13.8. The van der Waals surface area contributed by atoms with Gasteiger partial charge in [0, 0.05) is 13.1 Å². The molecule has 1 atom stereocenters. The summed E-state index contributed by atoms with van der Waals surface area (Å²) in [4.78, 5) is 13.8. The van der Waals surface area contributed by atoms with Crippen molar-refractivity contribution in [3.63, 3.8) is 0 Å². The molecule has 0 radical (unpaired) electrons. The zero-order valence-electron chi connectivity index (χ0n) is 11.1. The van der Waals surface area contributed by atoms with Gasteiger partial charge in [0.25, 0.3) is 0 Å². The molecule has 0 saturated carbocycles. The Bertz CT molecular complexity index is 444. The minimum atomic E-state index is -0.405. The molecule has 2 rings (SSSR count). The monoisotopic (exact) mass is 249 g/mol. The van der Waals surface area contributed by atoms with Crippen LogP contribution in [0.4, 0.5) is 10.1 Å². The van der Waals surface area contributed by atoms with Crippen LogP contribution in [0.25, 0.3) is 0 Å². The first-order chi connectivity index (χ1) is 8.59. The zero-order valence-corrected chi connectivity index (χ0v) is 11.1. The molecule has 2 nitrogen and oxygen atoms in total. The number of hydrogen-bond donors (Lipinski definition) is 0. The van der Waals surface area contributed by atoms with Crippen LogP contribution < -0.4 is 4.90 Å². The van der Waals surface area contributed by atoms with Gasteiger partial charge in [-0.15, -0.1) is 0 Å². The first kappa shape index (κ1) is 13.1. The van der Waals surface area contributed by atoms with Gasteiger partial charge in [-0.1, -0.05) is 13.0 Å². The molecule has 0 N–H and O–H groups in total. The summed E-state index contributed by atoms with van der Waals surface area (Å²) >= 11 is 0. The van der Waals surface area contributed by atoms with E-state index in [2.05, 4.69) is 11.8 Å². The Hall–Kier alpha value is -1.38. The maximum absolute atomic E-state index is 13.8. The largest absolute Gasteiger partial charge is 0.371 e. The number of carbonyl (C=O) groups is 1. The van der Waals surface area contributed by atoms with Crippen molar-refractivity contribution in [1.29, 1.82) is 0 Å². The second-order valence-corrected chi connectivity index (χ2v) is 5.21. The van der Waals surface area contributed by atoms with Gasteiger partial charge in [0.1, 0.15) is 5.82 Å². The van der Waals surface area contributed by atoms with Crippen LogP contribution >= 0.6 is 0 Å². The Morgan fingerprint density at radius 2 is 2.11 bits per heavy atom. The maximum atomic E-state index is 13.8. The molecule has 1 aliphatic heterocycles. The Labute approximate surface area is 108 Å². The molecule has 0 amide bonds. The Morgan fingerprint density at radius 1 is 1.33 bits per heavy atom. The molecule has 18 heavy (non-hydrogen) atoms. The van der Waals surface area contributed by atoms with Crippen molar-refractivity contribution < 1.29 is 9.18 Å². The minimum absolute atomic E-state index is 0.194. The van der Waals surface area contributed by atoms with E-state index < -0.39 is 5.82 Å². The number of Topliss-reactive ketones (excluding diaryl/α,β-unsaturated/α-hetero) is 1. The summed E-state index contributed by atoms with van der Waals surface area (Å²) in [7, 11) is 0. The Kier molecular flexibility index (Phi) is 4.00. The SMILES string of the molecule is CC(=O)c1c(F)cccc1N1CCCC(C)CC1. The van der Waals surface area contributed by atoms with Crippen molar-refractivity contribution in [3.8, 4) is 0 Å². The maximum Gasteiger partial charge on any atom is 0.164 e. The van der Waals surface area contributed by atoms with Gasteiger partial charge in [-0.05, 0) is 44.2 Å². The first-order valence-corrected chi connectivity index (χ1v) is 6.64. The third kappa shape index (κ3) is 2.71. The van der Waals surface area contributed by atoms with Crippen molar-refractivity contribution in [2.45, 2.75) is 33.1 Å². The summed E-state index contributed by atoms with van der Waals surface area (Å²) in [6.45, 7) is 5.50. The molecule has 0 spiro atoms. The predicted molar refractivity (Wildman–Crippen MR) is 71.6 cm³/mol. The third-order valence-corrected chi connectivity index (χ3v) is 3.70. The van der Waals surface area contributed by atoms with E-state index in [9.17, 15) is 9.18 Å². The number of nitrogens with zero attached hydrogens (tertiary/aromatic N) is 1. The predicted octanol–water partition coefficient (Wildman–Crippen LogP) is 3.65. The van der Waals surface area contributed by atoms with E-state index in [-0.39, 0.29) is 11.3 Å². The van der Waals surface area contributed by atoms with Gasteiger partial charge in [-0.2, -0.15) is 0 Å². The lowest BCUT2D eigenvalue weighted by Gasteiger charge is -2.25. The average molecular weight is 249 g/mol. The summed E-state index contributed by atoms with van der Waals surface area (Å²) in [5.74, 6) is 0.113. The summed E-state index contributed by atoms with van der Waals surface area (Å²) in [5.41, 5.74) is 1.00. The van der Waals surface area contributed by atoms with Crippen molar-refractivity contribution in [3.05, 3.63) is 29.6 Å². The fourth-order valence-corrected chi connectivity index (χ4v) is 2.63. The summed E-state index contributed by atoms with van der Waals surface area (Å²) in [6, 6.07) is 4.90. The molecule has 1 aromatic rings. The third-order valence-electron chi connectivity index (χ3n) is 3.70. The van der Waals surface area contributed by atoms with Crippen LogP contribution in [0.2, 0.25) is 0 Å². The second kappa shape index (κ2) is 5.51. The van der Waals surface area contributed by atoms with Crippen LogP contribution in [-0.4, -0.2) is 18.9 Å². The van der Waals surface area contributed by atoms with Gasteiger partial charge in [0.05, 0.1) is 11.3 Å². The molecule has 1 heterocycles. The number of carbonyl (C=O) groups excluding carboxylic acids is 1. The van der Waals surface area contributed by atoms with E-state index in [4.69, 9.17) is 0 Å².